The van der Waals surface area contributed by atoms with Crippen molar-refractivity contribution in [2.24, 2.45) is 0 Å². The summed E-state index contributed by atoms with van der Waals surface area (Å²) in [6.07, 6.45) is 9.46. The average molecular weight is 342 g/mol. The third-order valence-corrected chi connectivity index (χ3v) is 4.32. The van der Waals surface area contributed by atoms with Crippen LogP contribution in [0, 0.1) is 12.3 Å². The Morgan fingerprint density at radius 3 is 2.76 bits per heavy atom. The molecule has 3 rings (SSSR count). The minimum Gasteiger partial charge on any atom is -0.422 e. The van der Waals surface area contributed by atoms with Gasteiger partial charge < -0.3 is 14.6 Å². The zero-order valence-corrected chi connectivity index (χ0v) is 13.8. The van der Waals surface area contributed by atoms with Gasteiger partial charge in [-0.25, -0.2) is 14.6 Å². The van der Waals surface area contributed by atoms with Gasteiger partial charge in [0.1, 0.15) is 11.9 Å². The molecule has 1 aromatic rings. The van der Waals surface area contributed by atoms with Gasteiger partial charge in [0.05, 0.1) is 5.56 Å². The number of nitrogens with zero attached hydrogens (tertiary/aromatic N) is 2. The largest absolute Gasteiger partial charge is 0.422 e. The summed E-state index contributed by atoms with van der Waals surface area (Å²) in [5, 5.41) is 9.80. The zero-order valence-electron chi connectivity index (χ0n) is 13.8. The Morgan fingerprint density at radius 1 is 1.40 bits per heavy atom. The number of aromatic nitrogens is 1. The molecule has 130 valence electrons. The second kappa shape index (κ2) is 7.05. The second-order valence-electron chi connectivity index (χ2n) is 6.03. The summed E-state index contributed by atoms with van der Waals surface area (Å²) >= 11 is 0. The number of pyridine rings is 1. The topological polar surface area (TPSA) is 89.0 Å². The van der Waals surface area contributed by atoms with Gasteiger partial charge >= 0.3 is 11.9 Å². The van der Waals surface area contributed by atoms with Crippen LogP contribution in [0.2, 0.25) is 0 Å². The smallest absolute Gasteiger partial charge is 0.337 e. The van der Waals surface area contributed by atoms with Gasteiger partial charge in [-0.15, -0.1) is 6.42 Å². The van der Waals surface area contributed by atoms with Crippen molar-refractivity contribution < 1.29 is 24.2 Å². The molecule has 0 spiro atoms. The van der Waals surface area contributed by atoms with Crippen molar-refractivity contribution in [3.05, 3.63) is 29.5 Å². The molecule has 7 heteroatoms. The first-order valence-electron chi connectivity index (χ1n) is 7.97. The monoisotopic (exact) mass is 342 g/mol. The number of carbonyl (C=O) groups excluding carboxylic acids is 2. The molecule has 1 fully saturated rings. The van der Waals surface area contributed by atoms with Crippen LogP contribution in [0.25, 0.3) is 0 Å². The summed E-state index contributed by atoms with van der Waals surface area (Å²) in [4.78, 5) is 30.2. The number of likely N-dealkylation sites (tertiary alicyclic amines) is 1. The lowest BCUT2D eigenvalue weighted by Gasteiger charge is -2.24. The fraction of sp³-hybridized carbons (Fsp3) is 0.389. The molecule has 1 N–H and O–H groups in total. The van der Waals surface area contributed by atoms with Crippen molar-refractivity contribution in [1.82, 2.24) is 9.88 Å². The third kappa shape index (κ3) is 3.55. The van der Waals surface area contributed by atoms with Gasteiger partial charge in [-0.2, -0.15) is 0 Å². The van der Waals surface area contributed by atoms with E-state index in [-0.39, 0.29) is 24.1 Å². The average Bonchev–Trinajstić information content (AvgIpc) is 3.01. The normalized spacial score (nSPS) is 22.8. The summed E-state index contributed by atoms with van der Waals surface area (Å²) in [5.74, 6) is 1.19. The van der Waals surface area contributed by atoms with Crippen LogP contribution in [0.4, 0.5) is 0 Å². The highest BCUT2D eigenvalue weighted by atomic mass is 16.6. The van der Waals surface area contributed by atoms with E-state index >= 15 is 0 Å². The van der Waals surface area contributed by atoms with Crippen LogP contribution in [-0.2, 0) is 16.0 Å². The number of hydrogen-bond donors (Lipinski definition) is 1. The van der Waals surface area contributed by atoms with Gasteiger partial charge in [0, 0.05) is 36.4 Å². The molecule has 2 bridgehead atoms. The number of carbonyl (C=O) groups is 2. The highest BCUT2D eigenvalue weighted by Gasteiger charge is 2.33. The van der Waals surface area contributed by atoms with Gasteiger partial charge in [0.15, 0.2) is 0 Å². The lowest BCUT2D eigenvalue weighted by molar-refractivity contribution is -0.131. The summed E-state index contributed by atoms with van der Waals surface area (Å²) in [7, 11) is 1.94. The quantitative estimate of drug-likeness (QED) is 0.641. The molecule has 7 nitrogen and oxygen atoms in total. The van der Waals surface area contributed by atoms with E-state index in [2.05, 4.69) is 15.8 Å². The summed E-state index contributed by atoms with van der Waals surface area (Å²) in [6.45, 7) is 0.862. The number of ether oxygens (including phenoxy) is 2. The van der Waals surface area contributed by atoms with Crippen molar-refractivity contribution in [1.29, 1.82) is 0 Å². The minimum atomic E-state index is -1.04. The summed E-state index contributed by atoms with van der Waals surface area (Å²) in [6, 6.07) is -0.112. The molecule has 0 saturated carbocycles. The van der Waals surface area contributed by atoms with E-state index in [1.165, 1.54) is 6.20 Å². The molecule has 0 aliphatic carbocycles. The second-order valence-corrected chi connectivity index (χ2v) is 6.03. The Kier molecular flexibility index (Phi) is 4.83. The van der Waals surface area contributed by atoms with Crippen LogP contribution in [0.3, 0.4) is 0 Å². The fourth-order valence-electron chi connectivity index (χ4n) is 3.12. The molecular weight excluding hydrogens is 324 g/mol. The zero-order chi connectivity index (χ0) is 18.0. The van der Waals surface area contributed by atoms with Crippen molar-refractivity contribution in [2.75, 3.05) is 13.6 Å². The third-order valence-electron chi connectivity index (χ3n) is 4.32. The molecular formula is C18H18N2O5. The van der Waals surface area contributed by atoms with E-state index < -0.39 is 18.0 Å². The number of hydrogen-bond acceptors (Lipinski definition) is 7. The van der Waals surface area contributed by atoms with Gasteiger partial charge in [-0.05, 0) is 26.4 Å². The van der Waals surface area contributed by atoms with Crippen molar-refractivity contribution in [3.8, 4) is 24.0 Å². The van der Waals surface area contributed by atoms with E-state index in [1.807, 2.05) is 7.05 Å². The maximum atomic E-state index is 12.0. The Bertz CT molecular complexity index is 780. The van der Waals surface area contributed by atoms with Crippen LogP contribution in [0.15, 0.2) is 18.3 Å². The number of rotatable bonds is 3. The van der Waals surface area contributed by atoms with Gasteiger partial charge in [0.25, 0.3) is 0 Å². The lowest BCUT2D eigenvalue weighted by Crippen LogP contribution is -2.22. The Morgan fingerprint density at radius 2 is 2.12 bits per heavy atom. The van der Waals surface area contributed by atoms with Gasteiger partial charge in [-0.1, -0.05) is 5.92 Å². The summed E-state index contributed by atoms with van der Waals surface area (Å²) in [5.41, 5.74) is 1.02. The molecule has 2 unspecified atom stereocenters. The molecule has 25 heavy (non-hydrogen) atoms. The molecule has 2 aliphatic rings. The lowest BCUT2D eigenvalue weighted by atomic mass is 9.99. The standard InChI is InChI=1S/C18H18N2O5/c1-3-12(21)9-11-10-19-18-16(13-5-4-8-20(13)2)17(11)24-14(22)6-7-15(23)25-18/h1,6-7,10,12-13,21H,4-5,8-9H2,2H3/b7-6+. The first kappa shape index (κ1) is 17.1. The van der Waals surface area contributed by atoms with Crippen LogP contribution in [0.1, 0.15) is 30.0 Å². The number of aliphatic hydroxyl groups excluding tert-OH is 1. The molecule has 2 atom stereocenters. The van der Waals surface area contributed by atoms with Crippen LogP contribution in [0.5, 0.6) is 11.6 Å². The van der Waals surface area contributed by atoms with Crippen molar-refractivity contribution in [2.45, 2.75) is 31.4 Å². The Balaban J connectivity index is 2.17. The maximum absolute atomic E-state index is 12.0. The van der Waals surface area contributed by atoms with Crippen LogP contribution in [-0.4, -0.2) is 46.6 Å². The number of fused-ring (bicyclic) bond motifs is 2. The van der Waals surface area contributed by atoms with E-state index in [0.29, 0.717) is 11.1 Å². The van der Waals surface area contributed by atoms with Crippen molar-refractivity contribution in [3.63, 3.8) is 0 Å². The Hall–Kier alpha value is -2.69. The molecule has 2 aliphatic heterocycles. The van der Waals surface area contributed by atoms with E-state index in [0.717, 1.165) is 31.5 Å². The van der Waals surface area contributed by atoms with Crippen LogP contribution < -0.4 is 9.47 Å². The number of aliphatic hydroxyl groups is 1. The molecule has 1 aromatic heterocycles. The highest BCUT2D eigenvalue weighted by Crippen LogP contribution is 2.43. The highest BCUT2D eigenvalue weighted by molar-refractivity contribution is 5.94. The maximum Gasteiger partial charge on any atom is 0.337 e. The predicted octanol–water partition coefficient (Wildman–Crippen LogP) is 0.765. The predicted molar refractivity (Wildman–Crippen MR) is 87.8 cm³/mol. The molecule has 0 radical (unpaired) electrons. The van der Waals surface area contributed by atoms with Crippen LogP contribution >= 0.6 is 0 Å². The van der Waals surface area contributed by atoms with E-state index in [4.69, 9.17) is 15.9 Å². The first-order valence-corrected chi connectivity index (χ1v) is 7.97. The van der Waals surface area contributed by atoms with Gasteiger partial charge in [-0.3, -0.25) is 4.90 Å². The van der Waals surface area contributed by atoms with E-state index in [1.54, 1.807) is 0 Å². The number of terminal acetylenes is 1. The Labute approximate surface area is 145 Å². The molecule has 3 heterocycles. The molecule has 0 amide bonds. The van der Waals surface area contributed by atoms with Gasteiger partial charge in [0.2, 0.25) is 5.88 Å². The molecule has 1 saturated heterocycles. The van der Waals surface area contributed by atoms with Crippen molar-refractivity contribution >= 4 is 11.9 Å². The fourth-order valence-corrected chi connectivity index (χ4v) is 3.12. The number of esters is 2. The van der Waals surface area contributed by atoms with E-state index in [9.17, 15) is 14.7 Å². The first-order chi connectivity index (χ1) is 12.0. The SMILES string of the molecule is C#CC(O)Cc1cnc2c(C3CCCN3C)c1OC(=O)/C=C/C(=O)O2. The minimum absolute atomic E-state index is 0.0769. The summed E-state index contributed by atoms with van der Waals surface area (Å²) < 4.78 is 10.8. The molecule has 0 aromatic carbocycles.